The van der Waals surface area contributed by atoms with Crippen molar-refractivity contribution < 1.29 is 4.92 Å². The van der Waals surface area contributed by atoms with E-state index in [1.165, 1.54) is 16.0 Å². The molecule has 16 heavy (non-hydrogen) atoms. The Morgan fingerprint density at radius 3 is 2.94 bits per heavy atom. The quantitative estimate of drug-likeness (QED) is 0.669. The lowest BCUT2D eigenvalue weighted by molar-refractivity contribution is -0.394. The summed E-state index contributed by atoms with van der Waals surface area (Å²) in [7, 11) is 0. The number of hydrogen-bond donors (Lipinski definition) is 1. The number of thiazole rings is 1. The molecule has 2 aromatic rings. The van der Waals surface area contributed by atoms with Crippen LogP contribution in [0.2, 0.25) is 0 Å². The fourth-order valence-electron chi connectivity index (χ4n) is 1.03. The van der Waals surface area contributed by atoms with Crippen molar-refractivity contribution >= 4 is 38.3 Å². The van der Waals surface area contributed by atoms with E-state index in [1.807, 2.05) is 0 Å². The van der Waals surface area contributed by atoms with Crippen molar-refractivity contribution in [1.82, 2.24) is 19.7 Å². The third-order valence-corrected chi connectivity index (χ3v) is 3.05. The van der Waals surface area contributed by atoms with Gasteiger partial charge in [-0.25, -0.2) is 4.98 Å². The van der Waals surface area contributed by atoms with Gasteiger partial charge in [-0.05, 0) is 9.91 Å². The zero-order chi connectivity index (χ0) is 11.7. The summed E-state index contributed by atoms with van der Waals surface area (Å²) in [6.45, 7) is 0.344. The summed E-state index contributed by atoms with van der Waals surface area (Å²) in [5, 5.41) is 14.6. The number of aromatic nitrogens is 4. The van der Waals surface area contributed by atoms with Gasteiger partial charge in [0.25, 0.3) is 4.73 Å². The Bertz CT molecular complexity index is 537. The number of rotatable bonds is 3. The minimum absolute atomic E-state index is 0.297. The molecule has 0 amide bonds. The van der Waals surface area contributed by atoms with Crippen LogP contribution in [0.3, 0.4) is 0 Å². The molecule has 2 N–H and O–H groups in total. The van der Waals surface area contributed by atoms with E-state index in [2.05, 4.69) is 31.0 Å². The van der Waals surface area contributed by atoms with E-state index < -0.39 is 10.9 Å². The van der Waals surface area contributed by atoms with Gasteiger partial charge in [0.1, 0.15) is 0 Å². The fourth-order valence-corrected chi connectivity index (χ4v) is 2.06. The summed E-state index contributed by atoms with van der Waals surface area (Å²) in [6, 6.07) is 0. The molecule has 84 valence electrons. The number of anilines is 1. The van der Waals surface area contributed by atoms with Gasteiger partial charge in [-0.3, -0.25) is 0 Å². The highest BCUT2D eigenvalue weighted by Crippen LogP contribution is 2.18. The Morgan fingerprint density at radius 1 is 1.69 bits per heavy atom. The van der Waals surface area contributed by atoms with Crippen molar-refractivity contribution in [1.29, 1.82) is 0 Å². The maximum atomic E-state index is 10.4. The minimum Gasteiger partial charge on any atom is -0.390 e. The standard InChI is InChI=1S/C6H5BrN6O2S/c7-4-10-6(13(14)15)11-12(4)2-3-1-9-5(8)16-3/h1H,2H2,(H2,8,9). The third-order valence-electron chi connectivity index (χ3n) is 1.66. The van der Waals surface area contributed by atoms with Crippen LogP contribution in [0.25, 0.3) is 0 Å². The average Bonchev–Trinajstić information content (AvgIpc) is 2.75. The molecule has 2 aromatic heterocycles. The molecule has 0 spiro atoms. The maximum absolute atomic E-state index is 10.4. The highest BCUT2D eigenvalue weighted by atomic mass is 79.9. The van der Waals surface area contributed by atoms with Gasteiger partial charge in [0.2, 0.25) is 0 Å². The molecule has 0 unspecified atom stereocenters. The van der Waals surface area contributed by atoms with Crippen LogP contribution < -0.4 is 5.73 Å². The lowest BCUT2D eigenvalue weighted by Crippen LogP contribution is -2.01. The summed E-state index contributed by atoms with van der Waals surface area (Å²) in [5.74, 6) is -0.440. The maximum Gasteiger partial charge on any atom is 0.492 e. The second-order valence-corrected chi connectivity index (χ2v) is 4.62. The van der Waals surface area contributed by atoms with Crippen LogP contribution >= 0.6 is 27.3 Å². The summed E-state index contributed by atoms with van der Waals surface area (Å²) < 4.78 is 1.66. The van der Waals surface area contributed by atoms with Gasteiger partial charge in [0.05, 0.1) is 6.54 Å². The summed E-state index contributed by atoms with van der Waals surface area (Å²) >= 11 is 4.38. The van der Waals surface area contributed by atoms with Crippen LogP contribution in [0, 0.1) is 10.1 Å². The third kappa shape index (κ3) is 2.17. The molecule has 0 aromatic carbocycles. The average molecular weight is 305 g/mol. The second-order valence-electron chi connectivity index (χ2n) is 2.76. The van der Waals surface area contributed by atoms with Crippen molar-refractivity contribution in [3.05, 3.63) is 25.9 Å². The largest absolute Gasteiger partial charge is 0.492 e. The van der Waals surface area contributed by atoms with Crippen LogP contribution in [-0.4, -0.2) is 24.7 Å². The Kier molecular flexibility index (Phi) is 2.83. The first-order chi connectivity index (χ1) is 7.56. The lowest BCUT2D eigenvalue weighted by atomic mass is 10.5. The Hall–Kier alpha value is -1.55. The number of hydrogen-bond acceptors (Lipinski definition) is 7. The fraction of sp³-hybridized carbons (Fsp3) is 0.167. The van der Waals surface area contributed by atoms with Crippen molar-refractivity contribution in [3.63, 3.8) is 0 Å². The van der Waals surface area contributed by atoms with E-state index in [-0.39, 0.29) is 0 Å². The van der Waals surface area contributed by atoms with E-state index >= 15 is 0 Å². The monoisotopic (exact) mass is 304 g/mol. The first-order valence-corrected chi connectivity index (χ1v) is 5.62. The number of nitro groups is 1. The Labute approximate surface area is 101 Å². The first-order valence-electron chi connectivity index (χ1n) is 4.01. The van der Waals surface area contributed by atoms with Crippen molar-refractivity contribution in [2.75, 3.05) is 5.73 Å². The SMILES string of the molecule is Nc1ncc(Cn2nc([N+](=O)[O-])nc2Br)s1. The molecule has 0 aliphatic rings. The van der Waals surface area contributed by atoms with Gasteiger partial charge < -0.3 is 15.8 Å². The van der Waals surface area contributed by atoms with Crippen molar-refractivity contribution in [2.45, 2.75) is 6.54 Å². The number of halogens is 1. The molecule has 2 rings (SSSR count). The van der Waals surface area contributed by atoms with E-state index in [0.29, 0.717) is 16.4 Å². The molecule has 0 aliphatic heterocycles. The Morgan fingerprint density at radius 2 is 2.44 bits per heavy atom. The van der Waals surface area contributed by atoms with E-state index in [1.54, 1.807) is 6.20 Å². The number of nitrogens with two attached hydrogens (primary N) is 1. The molecule has 0 saturated carbocycles. The number of nitrogen functional groups attached to an aromatic ring is 1. The van der Waals surface area contributed by atoms with Crippen molar-refractivity contribution in [2.24, 2.45) is 0 Å². The first kappa shape index (κ1) is 11.0. The molecule has 0 fully saturated rings. The molecular weight excluding hydrogens is 300 g/mol. The molecular formula is C6H5BrN6O2S. The highest BCUT2D eigenvalue weighted by Gasteiger charge is 2.19. The zero-order valence-corrected chi connectivity index (χ0v) is 10.1. The molecule has 10 heteroatoms. The number of nitrogens with zero attached hydrogens (tertiary/aromatic N) is 5. The highest BCUT2D eigenvalue weighted by molar-refractivity contribution is 9.10. The molecule has 2 heterocycles. The minimum atomic E-state index is -0.651. The molecule has 0 radical (unpaired) electrons. The van der Waals surface area contributed by atoms with Gasteiger partial charge in [0.15, 0.2) is 5.13 Å². The molecule has 8 nitrogen and oxygen atoms in total. The van der Waals surface area contributed by atoms with E-state index in [9.17, 15) is 10.1 Å². The van der Waals surface area contributed by atoms with Crippen LogP contribution in [0.5, 0.6) is 0 Å². The predicted octanol–water partition coefficient (Wildman–Crippen LogP) is 1.04. The van der Waals surface area contributed by atoms with Crippen LogP contribution in [0.4, 0.5) is 11.1 Å². The zero-order valence-electron chi connectivity index (χ0n) is 7.70. The molecule has 0 aliphatic carbocycles. The lowest BCUT2D eigenvalue weighted by Gasteiger charge is -1.92. The Balaban J connectivity index is 2.24. The molecule has 0 bridgehead atoms. The summed E-state index contributed by atoms with van der Waals surface area (Å²) in [4.78, 5) is 18.1. The summed E-state index contributed by atoms with van der Waals surface area (Å²) in [6.07, 6.45) is 1.60. The van der Waals surface area contributed by atoms with E-state index in [0.717, 1.165) is 4.88 Å². The van der Waals surface area contributed by atoms with Gasteiger partial charge in [-0.1, -0.05) is 0 Å². The topological polar surface area (TPSA) is 113 Å². The molecule has 0 atom stereocenters. The normalized spacial score (nSPS) is 10.6. The molecule has 0 saturated heterocycles. The van der Waals surface area contributed by atoms with Crippen molar-refractivity contribution in [3.8, 4) is 0 Å². The van der Waals surface area contributed by atoms with Gasteiger partial charge in [-0.2, -0.15) is 4.68 Å². The van der Waals surface area contributed by atoms with Gasteiger partial charge in [-0.15, -0.1) is 11.3 Å². The summed E-state index contributed by atoms with van der Waals surface area (Å²) in [5.41, 5.74) is 5.47. The van der Waals surface area contributed by atoms with Crippen LogP contribution in [0.15, 0.2) is 10.9 Å². The van der Waals surface area contributed by atoms with Gasteiger partial charge >= 0.3 is 5.95 Å². The van der Waals surface area contributed by atoms with E-state index in [4.69, 9.17) is 5.73 Å². The van der Waals surface area contributed by atoms with Crippen LogP contribution in [0.1, 0.15) is 4.88 Å². The van der Waals surface area contributed by atoms with Gasteiger partial charge in [0, 0.05) is 32.1 Å². The van der Waals surface area contributed by atoms with Crippen LogP contribution in [-0.2, 0) is 6.54 Å². The smallest absolute Gasteiger partial charge is 0.390 e. The second kappa shape index (κ2) is 4.14. The predicted molar refractivity (Wildman–Crippen MR) is 60.0 cm³/mol.